The SMILES string of the molecule is COC(=O)N1CCC(OC)(O[Si](C)(C)C)C1c1cccc(OC)c1. The molecule has 0 aliphatic carbocycles. The number of carbonyl (C=O) groups is 1. The Labute approximate surface area is 144 Å². The van der Waals surface area contributed by atoms with E-state index in [2.05, 4.69) is 19.6 Å². The molecule has 1 aromatic rings. The van der Waals surface area contributed by atoms with Gasteiger partial charge in [0.25, 0.3) is 0 Å². The molecule has 2 rings (SSSR count). The van der Waals surface area contributed by atoms with Crippen LogP contribution in [0.1, 0.15) is 18.0 Å². The Morgan fingerprint density at radius 2 is 1.96 bits per heavy atom. The van der Waals surface area contributed by atoms with E-state index in [0.29, 0.717) is 13.0 Å². The van der Waals surface area contributed by atoms with E-state index in [9.17, 15) is 4.79 Å². The Bertz CT molecular complexity index is 589. The van der Waals surface area contributed by atoms with Crippen LogP contribution >= 0.6 is 0 Å². The Balaban J connectivity index is 2.51. The van der Waals surface area contributed by atoms with Crippen molar-refractivity contribution in [1.82, 2.24) is 4.90 Å². The highest BCUT2D eigenvalue weighted by Gasteiger charge is 2.53. The van der Waals surface area contributed by atoms with Crippen LogP contribution in [0.2, 0.25) is 19.6 Å². The van der Waals surface area contributed by atoms with E-state index in [1.807, 2.05) is 24.3 Å². The van der Waals surface area contributed by atoms with Gasteiger partial charge in [0.05, 0.1) is 14.2 Å². The van der Waals surface area contributed by atoms with Crippen LogP contribution in [0.25, 0.3) is 0 Å². The molecular formula is C17H27NO5Si. The minimum atomic E-state index is -1.92. The lowest BCUT2D eigenvalue weighted by Crippen LogP contribution is -2.49. The van der Waals surface area contributed by atoms with E-state index in [4.69, 9.17) is 18.6 Å². The average Bonchev–Trinajstić information content (AvgIpc) is 2.92. The van der Waals surface area contributed by atoms with Crippen molar-refractivity contribution in [1.29, 1.82) is 0 Å². The van der Waals surface area contributed by atoms with Gasteiger partial charge in [0, 0.05) is 20.1 Å². The number of methoxy groups -OCH3 is 3. The summed E-state index contributed by atoms with van der Waals surface area (Å²) in [4.78, 5) is 14.0. The number of benzene rings is 1. The number of nitrogens with zero attached hydrogens (tertiary/aromatic N) is 1. The van der Waals surface area contributed by atoms with Gasteiger partial charge >= 0.3 is 6.09 Å². The summed E-state index contributed by atoms with van der Waals surface area (Å²) in [5, 5.41) is 0. The van der Waals surface area contributed by atoms with Crippen molar-refractivity contribution in [2.45, 2.75) is 37.9 Å². The molecule has 1 saturated heterocycles. The topological polar surface area (TPSA) is 57.2 Å². The fraction of sp³-hybridized carbons (Fsp3) is 0.588. The molecule has 0 N–H and O–H groups in total. The summed E-state index contributed by atoms with van der Waals surface area (Å²) in [5.41, 5.74) is 0.900. The number of hydrogen-bond acceptors (Lipinski definition) is 5. The van der Waals surface area contributed by atoms with Crippen molar-refractivity contribution in [3.8, 4) is 5.75 Å². The lowest BCUT2D eigenvalue weighted by molar-refractivity contribution is -0.185. The first-order valence-electron chi connectivity index (χ1n) is 8.00. The molecule has 0 saturated carbocycles. The van der Waals surface area contributed by atoms with E-state index < -0.39 is 20.1 Å². The average molecular weight is 353 g/mol. The Hall–Kier alpha value is -1.57. The van der Waals surface area contributed by atoms with Crippen LogP contribution in [0.4, 0.5) is 4.79 Å². The maximum Gasteiger partial charge on any atom is 0.410 e. The Morgan fingerprint density at radius 3 is 2.50 bits per heavy atom. The molecule has 1 aromatic carbocycles. The van der Waals surface area contributed by atoms with E-state index in [0.717, 1.165) is 11.3 Å². The molecule has 0 radical (unpaired) electrons. The molecule has 2 unspecified atom stereocenters. The zero-order valence-corrected chi connectivity index (χ0v) is 16.3. The van der Waals surface area contributed by atoms with Crippen LogP contribution in [0.3, 0.4) is 0 Å². The first-order valence-corrected chi connectivity index (χ1v) is 11.4. The van der Waals surface area contributed by atoms with Crippen molar-refractivity contribution in [3.63, 3.8) is 0 Å². The molecule has 24 heavy (non-hydrogen) atoms. The van der Waals surface area contributed by atoms with Gasteiger partial charge in [-0.05, 0) is 37.3 Å². The molecule has 1 aliphatic rings. The van der Waals surface area contributed by atoms with E-state index in [-0.39, 0.29) is 6.09 Å². The van der Waals surface area contributed by atoms with Crippen LogP contribution in [0.5, 0.6) is 5.75 Å². The van der Waals surface area contributed by atoms with Crippen LogP contribution in [-0.4, -0.2) is 53.0 Å². The van der Waals surface area contributed by atoms with Gasteiger partial charge in [0.2, 0.25) is 0 Å². The Morgan fingerprint density at radius 1 is 1.25 bits per heavy atom. The zero-order chi connectivity index (χ0) is 18.0. The molecule has 0 aromatic heterocycles. The van der Waals surface area contributed by atoms with Crippen LogP contribution in [0.15, 0.2) is 24.3 Å². The third kappa shape index (κ3) is 3.74. The summed E-state index contributed by atoms with van der Waals surface area (Å²) in [6.07, 6.45) is 0.200. The summed E-state index contributed by atoms with van der Waals surface area (Å²) in [7, 11) is 2.72. The highest BCUT2D eigenvalue weighted by Crippen LogP contribution is 2.46. The lowest BCUT2D eigenvalue weighted by atomic mass is 9.99. The number of likely N-dealkylation sites (tertiary alicyclic amines) is 1. The lowest BCUT2D eigenvalue weighted by Gasteiger charge is -2.40. The largest absolute Gasteiger partial charge is 0.497 e. The third-order valence-electron chi connectivity index (χ3n) is 4.07. The van der Waals surface area contributed by atoms with E-state index in [1.165, 1.54) is 7.11 Å². The molecular weight excluding hydrogens is 326 g/mol. The van der Waals surface area contributed by atoms with Gasteiger partial charge in [0.1, 0.15) is 11.8 Å². The van der Waals surface area contributed by atoms with E-state index >= 15 is 0 Å². The number of carbonyl (C=O) groups excluding carboxylic acids is 1. The first-order chi connectivity index (χ1) is 11.3. The van der Waals surface area contributed by atoms with Gasteiger partial charge in [-0.3, -0.25) is 4.90 Å². The molecule has 1 fully saturated rings. The maximum absolute atomic E-state index is 12.3. The summed E-state index contributed by atoms with van der Waals surface area (Å²) in [6, 6.07) is 7.24. The van der Waals surface area contributed by atoms with Crippen molar-refractivity contribution >= 4 is 14.4 Å². The van der Waals surface area contributed by atoms with E-state index in [1.54, 1.807) is 19.1 Å². The fourth-order valence-corrected chi connectivity index (χ4v) is 4.55. The summed E-state index contributed by atoms with van der Waals surface area (Å²) in [6.45, 7) is 6.83. The summed E-state index contributed by atoms with van der Waals surface area (Å²) < 4.78 is 22.6. The standard InChI is InChI=1S/C17H27NO5Si/c1-20-14-9-7-8-13(12-14)15-17(22-3,23-24(4,5)6)10-11-18(15)16(19)21-2/h7-9,12,15H,10-11H2,1-6H3. The Kier molecular flexibility index (Phi) is 5.57. The molecule has 0 spiro atoms. The number of rotatable bonds is 5. The fourth-order valence-electron chi connectivity index (χ4n) is 3.22. The normalized spacial score (nSPS) is 24.1. The monoisotopic (exact) mass is 353 g/mol. The van der Waals surface area contributed by atoms with Gasteiger partial charge in [0.15, 0.2) is 14.1 Å². The van der Waals surface area contributed by atoms with Gasteiger partial charge < -0.3 is 18.6 Å². The molecule has 1 aliphatic heterocycles. The highest BCUT2D eigenvalue weighted by atomic mass is 28.4. The second-order valence-corrected chi connectivity index (χ2v) is 11.3. The third-order valence-corrected chi connectivity index (χ3v) is 5.03. The molecule has 1 heterocycles. The molecule has 2 atom stereocenters. The number of amides is 1. The minimum absolute atomic E-state index is 0.388. The molecule has 134 valence electrons. The molecule has 7 heteroatoms. The zero-order valence-electron chi connectivity index (χ0n) is 15.3. The van der Waals surface area contributed by atoms with Crippen LogP contribution < -0.4 is 4.74 Å². The van der Waals surface area contributed by atoms with Gasteiger partial charge in [-0.1, -0.05) is 12.1 Å². The number of hydrogen-bond donors (Lipinski definition) is 0. The minimum Gasteiger partial charge on any atom is -0.497 e. The maximum atomic E-state index is 12.3. The van der Waals surface area contributed by atoms with Gasteiger partial charge in [-0.25, -0.2) is 4.79 Å². The molecule has 0 bridgehead atoms. The van der Waals surface area contributed by atoms with Crippen molar-refractivity contribution in [2.24, 2.45) is 0 Å². The molecule has 1 amide bonds. The van der Waals surface area contributed by atoms with Crippen molar-refractivity contribution < 1.29 is 23.4 Å². The summed E-state index contributed by atoms with van der Waals surface area (Å²) >= 11 is 0. The van der Waals surface area contributed by atoms with Crippen LogP contribution in [-0.2, 0) is 13.9 Å². The quantitative estimate of drug-likeness (QED) is 0.600. The van der Waals surface area contributed by atoms with Gasteiger partial charge in [-0.15, -0.1) is 0 Å². The smallest absolute Gasteiger partial charge is 0.410 e. The van der Waals surface area contributed by atoms with Crippen molar-refractivity contribution in [3.05, 3.63) is 29.8 Å². The second-order valence-electron chi connectivity index (χ2n) is 6.82. The highest BCUT2D eigenvalue weighted by molar-refractivity contribution is 6.69. The first kappa shape index (κ1) is 18.8. The number of ether oxygens (including phenoxy) is 3. The second kappa shape index (κ2) is 7.12. The van der Waals surface area contributed by atoms with Crippen molar-refractivity contribution in [2.75, 3.05) is 27.9 Å². The predicted molar refractivity (Wildman–Crippen MR) is 93.6 cm³/mol. The summed E-state index contributed by atoms with van der Waals surface area (Å²) in [5.74, 6) is -0.160. The van der Waals surface area contributed by atoms with Crippen LogP contribution in [0, 0.1) is 0 Å². The van der Waals surface area contributed by atoms with Gasteiger partial charge in [-0.2, -0.15) is 0 Å². The predicted octanol–water partition coefficient (Wildman–Crippen LogP) is 3.40. The molecule has 6 nitrogen and oxygen atoms in total.